The Bertz CT molecular complexity index is 1240. The highest BCUT2D eigenvalue weighted by Crippen LogP contribution is 2.35. The lowest BCUT2D eigenvalue weighted by atomic mass is 10.1. The predicted octanol–water partition coefficient (Wildman–Crippen LogP) is 5.85. The molecule has 0 radical (unpaired) electrons. The number of hydrogen-bond acceptors (Lipinski definition) is 5. The molecule has 1 fully saturated rings. The van der Waals surface area contributed by atoms with E-state index >= 15 is 0 Å². The number of ether oxygens (including phenoxy) is 1. The molecule has 8 heteroatoms. The molecular formula is C25H18ClNO5S. The van der Waals surface area contributed by atoms with Crippen LogP contribution in [0.15, 0.2) is 77.7 Å². The molecule has 3 aromatic rings. The topological polar surface area (TPSA) is 83.9 Å². The van der Waals surface area contributed by atoms with E-state index in [1.54, 1.807) is 54.6 Å². The van der Waals surface area contributed by atoms with Gasteiger partial charge in [0, 0.05) is 10.6 Å². The fourth-order valence-corrected chi connectivity index (χ4v) is 4.14. The van der Waals surface area contributed by atoms with Gasteiger partial charge in [-0.3, -0.25) is 14.5 Å². The number of carbonyl (C=O) groups is 3. The number of carboxylic acids is 1. The van der Waals surface area contributed by atoms with Crippen LogP contribution in [0.5, 0.6) is 5.75 Å². The first kappa shape index (κ1) is 22.6. The van der Waals surface area contributed by atoms with Crippen molar-refractivity contribution in [3.63, 3.8) is 0 Å². The molecule has 4 rings (SSSR count). The Labute approximate surface area is 199 Å². The van der Waals surface area contributed by atoms with Gasteiger partial charge in [-0.25, -0.2) is 4.79 Å². The van der Waals surface area contributed by atoms with Crippen LogP contribution in [0, 0.1) is 0 Å². The Morgan fingerprint density at radius 1 is 0.970 bits per heavy atom. The van der Waals surface area contributed by atoms with Gasteiger partial charge in [0.15, 0.2) is 0 Å². The minimum Gasteiger partial charge on any atom is -0.488 e. The predicted molar refractivity (Wildman–Crippen MR) is 127 cm³/mol. The fourth-order valence-electron chi connectivity index (χ4n) is 3.19. The largest absolute Gasteiger partial charge is 0.488 e. The van der Waals surface area contributed by atoms with Gasteiger partial charge in [0.05, 0.1) is 17.0 Å². The van der Waals surface area contributed by atoms with Crippen LogP contribution in [0.3, 0.4) is 0 Å². The summed E-state index contributed by atoms with van der Waals surface area (Å²) in [7, 11) is 0. The molecular weight excluding hydrogens is 462 g/mol. The maximum atomic E-state index is 12.9. The molecule has 0 unspecified atom stereocenters. The normalized spacial score (nSPS) is 14.7. The van der Waals surface area contributed by atoms with E-state index in [-0.39, 0.29) is 29.9 Å². The van der Waals surface area contributed by atoms with E-state index < -0.39 is 5.97 Å². The molecule has 1 heterocycles. The molecule has 0 spiro atoms. The standard InChI is InChI=1S/C25H18ClNO5S/c26-20-11-7-16(8-12-20)14-27-23(28)22(33-25(27)31)13-19-3-1-2-4-21(19)32-15-17-5-9-18(10-6-17)24(29)30/h1-13H,14-15H2,(H,29,30)/b22-13-. The van der Waals surface area contributed by atoms with Gasteiger partial charge in [0.25, 0.3) is 11.1 Å². The lowest BCUT2D eigenvalue weighted by Gasteiger charge is -2.12. The van der Waals surface area contributed by atoms with Gasteiger partial charge in [0.2, 0.25) is 0 Å². The monoisotopic (exact) mass is 479 g/mol. The quantitative estimate of drug-likeness (QED) is 0.428. The van der Waals surface area contributed by atoms with Crippen LogP contribution in [0.2, 0.25) is 5.02 Å². The van der Waals surface area contributed by atoms with E-state index in [4.69, 9.17) is 21.4 Å². The van der Waals surface area contributed by atoms with Gasteiger partial charge in [-0.15, -0.1) is 0 Å². The molecule has 0 bridgehead atoms. The molecule has 0 saturated carbocycles. The summed E-state index contributed by atoms with van der Waals surface area (Å²) in [4.78, 5) is 37.8. The molecule has 3 aromatic carbocycles. The molecule has 2 amide bonds. The minimum absolute atomic E-state index is 0.170. The number of benzene rings is 3. The number of amides is 2. The second-order valence-electron chi connectivity index (χ2n) is 7.22. The van der Waals surface area contributed by atoms with Crippen LogP contribution in [0.25, 0.3) is 6.08 Å². The third kappa shape index (κ3) is 5.45. The number of aromatic carboxylic acids is 1. The summed E-state index contributed by atoms with van der Waals surface area (Å²) in [6.45, 7) is 0.395. The van der Waals surface area contributed by atoms with Crippen molar-refractivity contribution >= 4 is 46.6 Å². The molecule has 1 N–H and O–H groups in total. The van der Waals surface area contributed by atoms with Gasteiger partial charge >= 0.3 is 5.97 Å². The van der Waals surface area contributed by atoms with Gasteiger partial charge in [0.1, 0.15) is 12.4 Å². The first-order valence-corrected chi connectivity index (χ1v) is 11.1. The lowest BCUT2D eigenvalue weighted by molar-refractivity contribution is -0.123. The van der Waals surface area contributed by atoms with Crippen molar-refractivity contribution in [3.8, 4) is 5.75 Å². The van der Waals surface area contributed by atoms with Crippen molar-refractivity contribution in [2.24, 2.45) is 0 Å². The maximum absolute atomic E-state index is 12.9. The van der Waals surface area contributed by atoms with Crippen LogP contribution in [-0.4, -0.2) is 27.1 Å². The molecule has 1 aliphatic rings. The van der Waals surface area contributed by atoms with Crippen molar-refractivity contribution in [2.45, 2.75) is 13.2 Å². The summed E-state index contributed by atoms with van der Waals surface area (Å²) in [6, 6.07) is 20.6. The van der Waals surface area contributed by atoms with Crippen molar-refractivity contribution in [1.29, 1.82) is 0 Å². The Morgan fingerprint density at radius 3 is 2.33 bits per heavy atom. The minimum atomic E-state index is -0.988. The van der Waals surface area contributed by atoms with Crippen molar-refractivity contribution in [3.05, 3.63) is 105 Å². The summed E-state index contributed by atoms with van der Waals surface area (Å²) >= 11 is 6.79. The summed E-state index contributed by atoms with van der Waals surface area (Å²) in [6.07, 6.45) is 1.65. The second kappa shape index (κ2) is 9.94. The molecule has 6 nitrogen and oxygen atoms in total. The van der Waals surface area contributed by atoms with E-state index in [9.17, 15) is 14.4 Å². The average molecular weight is 480 g/mol. The van der Waals surface area contributed by atoms with Crippen LogP contribution in [0.1, 0.15) is 27.0 Å². The van der Waals surface area contributed by atoms with Crippen LogP contribution in [-0.2, 0) is 17.9 Å². The number of carboxylic acid groups (broad SMARTS) is 1. The highest BCUT2D eigenvalue weighted by molar-refractivity contribution is 8.18. The summed E-state index contributed by atoms with van der Waals surface area (Å²) < 4.78 is 5.91. The van der Waals surface area contributed by atoms with Crippen molar-refractivity contribution < 1.29 is 24.2 Å². The molecule has 1 saturated heterocycles. The maximum Gasteiger partial charge on any atom is 0.335 e. The average Bonchev–Trinajstić information content (AvgIpc) is 3.07. The van der Waals surface area contributed by atoms with Crippen LogP contribution < -0.4 is 4.74 Å². The molecule has 0 atom stereocenters. The number of halogens is 1. The Balaban J connectivity index is 1.48. The molecule has 166 valence electrons. The molecule has 1 aliphatic heterocycles. The first-order chi connectivity index (χ1) is 15.9. The lowest BCUT2D eigenvalue weighted by Crippen LogP contribution is -2.27. The number of thioether (sulfide) groups is 1. The number of para-hydroxylation sites is 1. The summed E-state index contributed by atoms with van der Waals surface area (Å²) in [5.41, 5.74) is 2.48. The number of carbonyl (C=O) groups excluding carboxylic acids is 2. The van der Waals surface area contributed by atoms with Crippen LogP contribution in [0.4, 0.5) is 4.79 Å². The summed E-state index contributed by atoms with van der Waals surface area (Å²) in [5.74, 6) is -0.804. The van der Waals surface area contributed by atoms with Crippen molar-refractivity contribution in [2.75, 3.05) is 0 Å². The Hall–Kier alpha value is -3.55. The summed E-state index contributed by atoms with van der Waals surface area (Å²) in [5, 5.41) is 9.26. The Morgan fingerprint density at radius 2 is 1.64 bits per heavy atom. The molecule has 33 heavy (non-hydrogen) atoms. The van der Waals surface area contributed by atoms with Gasteiger partial charge in [-0.2, -0.15) is 0 Å². The zero-order valence-corrected chi connectivity index (χ0v) is 18.8. The highest BCUT2D eigenvalue weighted by atomic mass is 35.5. The zero-order chi connectivity index (χ0) is 23.4. The van der Waals surface area contributed by atoms with Crippen LogP contribution >= 0.6 is 23.4 Å². The SMILES string of the molecule is O=C(O)c1ccc(COc2ccccc2/C=C2\SC(=O)N(Cc3ccc(Cl)cc3)C2=O)cc1. The smallest absolute Gasteiger partial charge is 0.335 e. The fraction of sp³-hybridized carbons (Fsp3) is 0.0800. The van der Waals surface area contributed by atoms with Crippen molar-refractivity contribution in [1.82, 2.24) is 4.90 Å². The number of imide groups is 1. The number of hydrogen-bond donors (Lipinski definition) is 1. The van der Waals surface area contributed by atoms with E-state index in [1.807, 2.05) is 12.1 Å². The first-order valence-electron chi connectivity index (χ1n) is 9.94. The third-order valence-electron chi connectivity index (χ3n) is 4.93. The van der Waals surface area contributed by atoms with E-state index in [1.165, 1.54) is 17.0 Å². The highest BCUT2D eigenvalue weighted by Gasteiger charge is 2.35. The van der Waals surface area contributed by atoms with Gasteiger partial charge < -0.3 is 9.84 Å². The van der Waals surface area contributed by atoms with E-state index in [0.717, 1.165) is 22.9 Å². The zero-order valence-electron chi connectivity index (χ0n) is 17.2. The number of rotatable bonds is 7. The van der Waals surface area contributed by atoms with E-state index in [0.29, 0.717) is 21.2 Å². The second-order valence-corrected chi connectivity index (χ2v) is 8.65. The molecule has 0 aliphatic carbocycles. The number of nitrogens with zero attached hydrogens (tertiary/aromatic N) is 1. The third-order valence-corrected chi connectivity index (χ3v) is 6.09. The van der Waals surface area contributed by atoms with Gasteiger partial charge in [-0.1, -0.05) is 54.1 Å². The molecule has 0 aromatic heterocycles. The van der Waals surface area contributed by atoms with Gasteiger partial charge in [-0.05, 0) is 59.3 Å². The Kier molecular flexibility index (Phi) is 6.82. The van der Waals surface area contributed by atoms with E-state index in [2.05, 4.69) is 0 Å².